The average Bonchev–Trinajstić information content (AvgIpc) is 2.46. The summed E-state index contributed by atoms with van der Waals surface area (Å²) in [5.41, 5.74) is 0.999. The summed E-state index contributed by atoms with van der Waals surface area (Å²) in [4.78, 5) is 22.1. The molecule has 2 aromatic rings. The highest BCUT2D eigenvalue weighted by Gasteiger charge is 2.17. The minimum absolute atomic E-state index is 0.123. The zero-order valence-corrected chi connectivity index (χ0v) is 12.6. The third-order valence-corrected chi connectivity index (χ3v) is 3.21. The second kappa shape index (κ2) is 6.36. The van der Waals surface area contributed by atoms with Crippen LogP contribution >= 0.6 is 15.9 Å². The molecule has 21 heavy (non-hydrogen) atoms. The van der Waals surface area contributed by atoms with E-state index >= 15 is 0 Å². The Bertz CT molecular complexity index is 703. The quantitative estimate of drug-likeness (QED) is 0.513. The number of ether oxygens (including phenoxy) is 1. The number of halogens is 1. The number of methoxy groups -OCH3 is 1. The smallest absolute Gasteiger partial charge is 0.337 e. The molecular weight excluding hydrogens is 340 g/mol. The summed E-state index contributed by atoms with van der Waals surface area (Å²) in [6, 6.07) is 11.2. The Morgan fingerprint density at radius 1 is 1.29 bits per heavy atom. The van der Waals surface area contributed by atoms with Crippen LogP contribution < -0.4 is 5.32 Å². The van der Waals surface area contributed by atoms with Crippen molar-refractivity contribution in [1.82, 2.24) is 0 Å². The fourth-order valence-corrected chi connectivity index (χ4v) is 2.16. The molecule has 0 radical (unpaired) electrons. The van der Waals surface area contributed by atoms with Crippen molar-refractivity contribution in [2.45, 2.75) is 0 Å². The van der Waals surface area contributed by atoms with Gasteiger partial charge in [-0.05, 0) is 30.3 Å². The van der Waals surface area contributed by atoms with Gasteiger partial charge >= 0.3 is 5.97 Å². The maximum Gasteiger partial charge on any atom is 0.337 e. The average molecular weight is 351 g/mol. The number of carbonyl (C=O) groups excluding carboxylic acids is 1. The third-order valence-electron chi connectivity index (χ3n) is 2.72. The molecule has 0 aliphatic heterocycles. The maximum absolute atomic E-state index is 11.5. The van der Waals surface area contributed by atoms with Crippen molar-refractivity contribution in [2.24, 2.45) is 0 Å². The van der Waals surface area contributed by atoms with E-state index in [2.05, 4.69) is 26.0 Å². The van der Waals surface area contributed by atoms with Gasteiger partial charge in [0.15, 0.2) is 0 Å². The van der Waals surface area contributed by atoms with E-state index in [1.54, 1.807) is 18.2 Å². The van der Waals surface area contributed by atoms with Crippen LogP contribution in [0.1, 0.15) is 10.4 Å². The van der Waals surface area contributed by atoms with Gasteiger partial charge in [0.05, 0.1) is 17.6 Å². The number of carbonyl (C=O) groups is 1. The molecule has 0 fully saturated rings. The normalized spacial score (nSPS) is 10.0. The summed E-state index contributed by atoms with van der Waals surface area (Å²) < 4.78 is 5.45. The molecule has 0 unspecified atom stereocenters. The second-order valence-corrected chi connectivity index (χ2v) is 5.03. The van der Waals surface area contributed by atoms with E-state index in [1.807, 2.05) is 6.07 Å². The van der Waals surface area contributed by atoms with Gasteiger partial charge in [-0.25, -0.2) is 4.79 Å². The Balaban J connectivity index is 2.43. The van der Waals surface area contributed by atoms with Crippen LogP contribution in [-0.4, -0.2) is 18.0 Å². The van der Waals surface area contributed by atoms with Crippen LogP contribution in [0.4, 0.5) is 17.1 Å². The number of esters is 1. The zero-order valence-electron chi connectivity index (χ0n) is 11.0. The summed E-state index contributed by atoms with van der Waals surface area (Å²) in [5, 5.41) is 14.0. The first-order valence-electron chi connectivity index (χ1n) is 5.90. The van der Waals surface area contributed by atoms with Crippen LogP contribution in [-0.2, 0) is 4.74 Å². The molecule has 0 aromatic heterocycles. The minimum Gasteiger partial charge on any atom is -0.465 e. The fourth-order valence-electron chi connectivity index (χ4n) is 1.76. The van der Waals surface area contributed by atoms with Crippen LogP contribution in [0.5, 0.6) is 0 Å². The molecule has 0 aliphatic carbocycles. The molecule has 0 bridgehead atoms. The number of rotatable bonds is 4. The van der Waals surface area contributed by atoms with Crippen molar-refractivity contribution in [3.05, 3.63) is 62.6 Å². The lowest BCUT2D eigenvalue weighted by Gasteiger charge is -2.09. The van der Waals surface area contributed by atoms with Crippen LogP contribution in [0.15, 0.2) is 46.9 Å². The molecule has 0 heterocycles. The van der Waals surface area contributed by atoms with E-state index in [0.29, 0.717) is 5.69 Å². The molecule has 108 valence electrons. The van der Waals surface area contributed by atoms with Crippen LogP contribution in [0, 0.1) is 10.1 Å². The summed E-state index contributed by atoms with van der Waals surface area (Å²) in [7, 11) is 1.26. The Hall–Kier alpha value is -2.41. The molecule has 0 aliphatic rings. The van der Waals surface area contributed by atoms with Crippen molar-refractivity contribution >= 4 is 39.0 Å². The van der Waals surface area contributed by atoms with Crippen LogP contribution in [0.2, 0.25) is 0 Å². The van der Waals surface area contributed by atoms with Gasteiger partial charge in [-0.3, -0.25) is 10.1 Å². The standard InChI is InChI=1S/C14H11BrN2O4/c1-21-14(18)9-5-6-13(17(19)20)12(7-9)16-11-4-2-3-10(15)8-11/h2-8,16H,1H3. The Morgan fingerprint density at radius 2 is 2.05 bits per heavy atom. The van der Waals surface area contributed by atoms with Gasteiger partial charge in [-0.2, -0.15) is 0 Å². The highest BCUT2D eigenvalue weighted by Crippen LogP contribution is 2.29. The molecule has 2 rings (SSSR count). The summed E-state index contributed by atoms with van der Waals surface area (Å²) >= 11 is 3.32. The van der Waals surface area contributed by atoms with Gasteiger partial charge in [0.2, 0.25) is 0 Å². The monoisotopic (exact) mass is 350 g/mol. The summed E-state index contributed by atoms with van der Waals surface area (Å²) in [6.45, 7) is 0. The number of nitro benzene ring substituents is 1. The van der Waals surface area contributed by atoms with Crippen molar-refractivity contribution in [3.63, 3.8) is 0 Å². The highest BCUT2D eigenvalue weighted by molar-refractivity contribution is 9.10. The minimum atomic E-state index is -0.554. The Labute approximate surface area is 129 Å². The molecule has 0 amide bonds. The lowest BCUT2D eigenvalue weighted by Crippen LogP contribution is -2.04. The molecule has 0 atom stereocenters. The third kappa shape index (κ3) is 3.57. The van der Waals surface area contributed by atoms with E-state index in [-0.39, 0.29) is 16.9 Å². The number of nitro groups is 1. The zero-order chi connectivity index (χ0) is 15.4. The van der Waals surface area contributed by atoms with Crippen molar-refractivity contribution < 1.29 is 14.5 Å². The number of anilines is 2. The topological polar surface area (TPSA) is 81.5 Å². The van der Waals surface area contributed by atoms with Crippen molar-refractivity contribution in [2.75, 3.05) is 12.4 Å². The molecule has 0 spiro atoms. The van der Waals surface area contributed by atoms with Gasteiger partial charge in [0.25, 0.3) is 5.69 Å². The highest BCUT2D eigenvalue weighted by atomic mass is 79.9. The van der Waals surface area contributed by atoms with Crippen molar-refractivity contribution in [3.8, 4) is 0 Å². The first-order valence-corrected chi connectivity index (χ1v) is 6.70. The number of benzene rings is 2. The SMILES string of the molecule is COC(=O)c1ccc([N+](=O)[O-])c(Nc2cccc(Br)c2)c1. The van der Waals surface area contributed by atoms with Gasteiger partial charge in [0.1, 0.15) is 5.69 Å². The van der Waals surface area contributed by atoms with Gasteiger partial charge < -0.3 is 10.1 Å². The Morgan fingerprint density at radius 3 is 2.67 bits per heavy atom. The lowest BCUT2D eigenvalue weighted by molar-refractivity contribution is -0.383. The first kappa shape index (κ1) is 15.0. The number of nitrogens with one attached hydrogen (secondary N) is 1. The van der Waals surface area contributed by atoms with Gasteiger partial charge in [-0.15, -0.1) is 0 Å². The van der Waals surface area contributed by atoms with Crippen LogP contribution in [0.3, 0.4) is 0 Å². The van der Waals surface area contributed by atoms with E-state index in [9.17, 15) is 14.9 Å². The molecule has 1 N–H and O–H groups in total. The predicted molar refractivity (Wildman–Crippen MR) is 81.9 cm³/mol. The van der Waals surface area contributed by atoms with Crippen LogP contribution in [0.25, 0.3) is 0 Å². The van der Waals surface area contributed by atoms with Gasteiger partial charge in [-0.1, -0.05) is 22.0 Å². The lowest BCUT2D eigenvalue weighted by atomic mass is 10.1. The predicted octanol–water partition coefficient (Wildman–Crippen LogP) is 3.89. The molecule has 0 saturated heterocycles. The molecule has 2 aromatic carbocycles. The molecular formula is C14H11BrN2O4. The molecule has 0 saturated carbocycles. The fraction of sp³-hybridized carbons (Fsp3) is 0.0714. The summed E-state index contributed by atoms with van der Waals surface area (Å²) in [6.07, 6.45) is 0. The maximum atomic E-state index is 11.5. The molecule has 7 heteroatoms. The van der Waals surface area contributed by atoms with Gasteiger partial charge in [0, 0.05) is 16.2 Å². The number of hydrogen-bond donors (Lipinski definition) is 1. The van der Waals surface area contributed by atoms with E-state index in [1.165, 1.54) is 25.3 Å². The Kier molecular flexibility index (Phi) is 4.54. The van der Waals surface area contributed by atoms with E-state index < -0.39 is 10.9 Å². The largest absolute Gasteiger partial charge is 0.465 e. The first-order chi connectivity index (χ1) is 10.0. The number of hydrogen-bond acceptors (Lipinski definition) is 5. The van der Waals surface area contributed by atoms with E-state index in [4.69, 9.17) is 0 Å². The molecule has 6 nitrogen and oxygen atoms in total. The summed E-state index contributed by atoms with van der Waals surface area (Å²) in [5.74, 6) is -0.554. The van der Waals surface area contributed by atoms with Crippen molar-refractivity contribution in [1.29, 1.82) is 0 Å². The number of nitrogens with zero attached hydrogens (tertiary/aromatic N) is 1. The van der Waals surface area contributed by atoms with E-state index in [0.717, 1.165) is 4.47 Å². The second-order valence-electron chi connectivity index (χ2n) is 4.12.